The van der Waals surface area contributed by atoms with Crippen LogP contribution in [0.15, 0.2) is 59.3 Å². The van der Waals surface area contributed by atoms with Gasteiger partial charge in [0.15, 0.2) is 0 Å². The molecule has 0 heterocycles. The fraction of sp³-hybridized carbons (Fsp3) is 0.111. The van der Waals surface area contributed by atoms with Crippen molar-refractivity contribution in [2.75, 3.05) is 14.2 Å². The van der Waals surface area contributed by atoms with Gasteiger partial charge in [0.05, 0.1) is 14.2 Å². The van der Waals surface area contributed by atoms with Gasteiger partial charge >= 0.3 is 0 Å². The normalized spacial score (nSPS) is 11.1. The number of methoxy groups -OCH3 is 2. The van der Waals surface area contributed by atoms with E-state index in [0.29, 0.717) is 0 Å². The highest BCUT2D eigenvalue weighted by Gasteiger charge is 1.90. The first kappa shape index (κ1) is 15.3. The van der Waals surface area contributed by atoms with Crippen molar-refractivity contribution in [1.29, 1.82) is 0 Å². The molecule has 0 bridgehead atoms. The molecule has 108 valence electrons. The van der Waals surface area contributed by atoms with Gasteiger partial charge in [-0.05, 0) is 58.4 Å². The summed E-state index contributed by atoms with van der Waals surface area (Å²) in [6.45, 7) is 0. The van der Waals surface area contributed by atoms with Crippen molar-refractivity contribution in [1.82, 2.24) is 0 Å². The fourth-order valence-electron chi connectivity index (χ4n) is 1.71. The first-order chi connectivity index (χ1) is 10.3. The molecule has 0 N–H and O–H groups in total. The molecule has 21 heavy (non-hydrogen) atoms. The van der Waals surface area contributed by atoms with Crippen LogP contribution in [0.5, 0.6) is 11.5 Å². The van der Waals surface area contributed by atoms with Gasteiger partial charge in [-0.25, -0.2) is 0 Å². The minimum atomic E-state index is 0.874. The summed E-state index contributed by atoms with van der Waals surface area (Å²) in [7, 11) is 3.34. The third-order valence-corrected chi connectivity index (χ3v) is 3.50. The molecule has 0 spiro atoms. The first-order valence-corrected chi connectivity index (χ1v) is 7.53. The van der Waals surface area contributed by atoms with Crippen LogP contribution in [0.2, 0.25) is 0 Å². The molecule has 0 aliphatic heterocycles. The maximum Gasteiger partial charge on any atom is 0.118 e. The smallest absolute Gasteiger partial charge is 0.118 e. The molecule has 0 atom stereocenters. The van der Waals surface area contributed by atoms with Gasteiger partial charge < -0.3 is 9.47 Å². The third kappa shape index (κ3) is 5.04. The fourth-order valence-corrected chi connectivity index (χ4v) is 2.27. The van der Waals surface area contributed by atoms with E-state index in [1.807, 2.05) is 48.5 Å². The van der Waals surface area contributed by atoms with Crippen LogP contribution in [0.25, 0.3) is 12.2 Å². The van der Waals surface area contributed by atoms with Crippen LogP contribution in [-0.4, -0.2) is 14.2 Å². The standard InChI is InChI=1S/C18H18O2S/c1-19-17-7-3-15(4-8-17)11-13-21-14-12-16-5-9-18(20-2)10-6-16/h3-14H,1-2H3. The Labute approximate surface area is 130 Å². The van der Waals surface area contributed by atoms with Crippen molar-refractivity contribution in [3.05, 3.63) is 70.5 Å². The Morgan fingerprint density at radius 3 is 1.38 bits per heavy atom. The van der Waals surface area contributed by atoms with E-state index in [4.69, 9.17) is 9.47 Å². The molecular formula is C18H18O2S. The molecule has 2 rings (SSSR count). The van der Waals surface area contributed by atoms with Crippen LogP contribution in [0, 0.1) is 0 Å². The molecule has 2 aromatic carbocycles. The Morgan fingerprint density at radius 1 is 0.667 bits per heavy atom. The van der Waals surface area contributed by atoms with E-state index in [-0.39, 0.29) is 0 Å². The van der Waals surface area contributed by atoms with Gasteiger partial charge in [0, 0.05) is 0 Å². The molecule has 2 nitrogen and oxygen atoms in total. The van der Waals surface area contributed by atoms with E-state index in [1.165, 1.54) is 0 Å². The maximum absolute atomic E-state index is 5.13. The van der Waals surface area contributed by atoms with E-state index in [2.05, 4.69) is 23.0 Å². The summed E-state index contributed by atoms with van der Waals surface area (Å²) in [6.07, 6.45) is 4.14. The molecule has 0 saturated carbocycles. The zero-order chi connectivity index (χ0) is 14.9. The molecule has 3 heteroatoms. The SMILES string of the molecule is COc1ccc(C=CSC=Cc2ccc(OC)cc2)cc1. The Hall–Kier alpha value is -2.13. The molecule has 2 aromatic rings. The zero-order valence-corrected chi connectivity index (χ0v) is 13.0. The molecule has 0 aliphatic carbocycles. The summed E-state index contributed by atoms with van der Waals surface area (Å²) < 4.78 is 10.3. The van der Waals surface area contributed by atoms with Crippen LogP contribution in [0.3, 0.4) is 0 Å². The van der Waals surface area contributed by atoms with Crippen LogP contribution in [0.1, 0.15) is 11.1 Å². The Bertz CT molecular complexity index is 543. The highest BCUT2D eigenvalue weighted by Crippen LogP contribution is 2.17. The lowest BCUT2D eigenvalue weighted by molar-refractivity contribution is 0.414. The van der Waals surface area contributed by atoms with Crippen molar-refractivity contribution in [3.8, 4) is 11.5 Å². The van der Waals surface area contributed by atoms with E-state index in [0.717, 1.165) is 22.6 Å². The van der Waals surface area contributed by atoms with Gasteiger partial charge in [0.25, 0.3) is 0 Å². The molecule has 0 amide bonds. The van der Waals surface area contributed by atoms with Crippen molar-refractivity contribution in [3.63, 3.8) is 0 Å². The molecule has 0 aliphatic rings. The number of benzene rings is 2. The summed E-state index contributed by atoms with van der Waals surface area (Å²) in [5.74, 6) is 1.75. The van der Waals surface area contributed by atoms with Crippen LogP contribution in [0.4, 0.5) is 0 Å². The highest BCUT2D eigenvalue weighted by molar-refractivity contribution is 8.05. The maximum atomic E-state index is 5.13. The molecular weight excluding hydrogens is 280 g/mol. The number of thioether (sulfide) groups is 1. The van der Waals surface area contributed by atoms with Gasteiger partial charge in [-0.2, -0.15) is 0 Å². The highest BCUT2D eigenvalue weighted by atomic mass is 32.2. The topological polar surface area (TPSA) is 18.5 Å². The van der Waals surface area contributed by atoms with Crippen molar-refractivity contribution in [2.24, 2.45) is 0 Å². The third-order valence-electron chi connectivity index (χ3n) is 2.91. The number of ether oxygens (including phenoxy) is 2. The molecule has 0 saturated heterocycles. The van der Waals surface area contributed by atoms with Gasteiger partial charge in [-0.1, -0.05) is 24.3 Å². The molecule has 0 fully saturated rings. The van der Waals surface area contributed by atoms with Crippen molar-refractivity contribution in [2.45, 2.75) is 0 Å². The van der Waals surface area contributed by atoms with Crippen LogP contribution >= 0.6 is 11.8 Å². The van der Waals surface area contributed by atoms with Gasteiger partial charge in [-0.15, -0.1) is 11.8 Å². The van der Waals surface area contributed by atoms with Crippen molar-refractivity contribution < 1.29 is 9.47 Å². The summed E-state index contributed by atoms with van der Waals surface area (Å²) in [4.78, 5) is 0. The average molecular weight is 298 g/mol. The average Bonchev–Trinajstić information content (AvgIpc) is 2.55. The van der Waals surface area contributed by atoms with Crippen LogP contribution < -0.4 is 9.47 Å². The van der Waals surface area contributed by atoms with Gasteiger partial charge in [0.2, 0.25) is 0 Å². The lowest BCUT2D eigenvalue weighted by Gasteiger charge is -1.99. The first-order valence-electron chi connectivity index (χ1n) is 6.58. The van der Waals surface area contributed by atoms with E-state index >= 15 is 0 Å². The Balaban J connectivity index is 1.84. The number of hydrogen-bond acceptors (Lipinski definition) is 3. The van der Waals surface area contributed by atoms with E-state index in [1.54, 1.807) is 26.0 Å². The lowest BCUT2D eigenvalue weighted by atomic mass is 10.2. The molecule has 0 aromatic heterocycles. The second kappa shape index (κ2) is 8.22. The van der Waals surface area contributed by atoms with E-state index < -0.39 is 0 Å². The van der Waals surface area contributed by atoms with Gasteiger partial charge in [0.1, 0.15) is 11.5 Å². The predicted molar refractivity (Wildman–Crippen MR) is 91.6 cm³/mol. The summed E-state index contributed by atoms with van der Waals surface area (Å²) in [6, 6.07) is 15.9. The Kier molecular flexibility index (Phi) is 5.98. The Morgan fingerprint density at radius 2 is 1.05 bits per heavy atom. The second-order valence-corrected chi connectivity index (χ2v) is 5.10. The second-order valence-electron chi connectivity index (χ2n) is 4.29. The largest absolute Gasteiger partial charge is 0.497 e. The lowest BCUT2D eigenvalue weighted by Crippen LogP contribution is -1.81. The summed E-state index contributed by atoms with van der Waals surface area (Å²) in [5, 5.41) is 4.11. The van der Waals surface area contributed by atoms with Crippen LogP contribution in [-0.2, 0) is 0 Å². The molecule has 0 unspecified atom stereocenters. The quantitative estimate of drug-likeness (QED) is 0.741. The summed E-state index contributed by atoms with van der Waals surface area (Å²) >= 11 is 1.64. The minimum absolute atomic E-state index is 0.874. The molecule has 0 radical (unpaired) electrons. The van der Waals surface area contributed by atoms with Crippen molar-refractivity contribution >= 4 is 23.9 Å². The predicted octanol–water partition coefficient (Wildman–Crippen LogP) is 5.08. The number of rotatable bonds is 6. The zero-order valence-electron chi connectivity index (χ0n) is 12.2. The monoisotopic (exact) mass is 298 g/mol. The van der Waals surface area contributed by atoms with Gasteiger partial charge in [-0.3, -0.25) is 0 Å². The summed E-state index contributed by atoms with van der Waals surface area (Å²) in [5.41, 5.74) is 2.31. The minimum Gasteiger partial charge on any atom is -0.497 e. The van der Waals surface area contributed by atoms with E-state index in [9.17, 15) is 0 Å². The number of hydrogen-bond donors (Lipinski definition) is 0.